The van der Waals surface area contributed by atoms with Crippen LogP contribution in [0.5, 0.6) is 0 Å². The zero-order chi connectivity index (χ0) is 14.4. The van der Waals surface area contributed by atoms with Gasteiger partial charge in [0.15, 0.2) is 0 Å². The molecule has 2 aromatic heterocycles. The van der Waals surface area contributed by atoms with Crippen molar-refractivity contribution in [3.8, 4) is 11.1 Å². The zero-order valence-corrected chi connectivity index (χ0v) is 12.6. The Morgan fingerprint density at radius 1 is 1.45 bits per heavy atom. The second kappa shape index (κ2) is 7.21. The third-order valence-corrected chi connectivity index (χ3v) is 3.47. The number of nitrogens with two attached hydrogens (primary N) is 1. The van der Waals surface area contributed by atoms with E-state index >= 15 is 0 Å². The molecule has 108 valence electrons. The second-order valence-corrected chi connectivity index (χ2v) is 5.68. The van der Waals surface area contributed by atoms with Crippen LogP contribution in [0.2, 0.25) is 0 Å². The van der Waals surface area contributed by atoms with Crippen molar-refractivity contribution < 1.29 is 4.74 Å². The van der Waals surface area contributed by atoms with E-state index in [1.807, 2.05) is 12.1 Å². The Kier molecular flexibility index (Phi) is 5.31. The minimum Gasteiger partial charge on any atom is -0.382 e. The molecule has 0 unspecified atom stereocenters. The maximum atomic E-state index is 5.94. The summed E-state index contributed by atoms with van der Waals surface area (Å²) in [5, 5.41) is 4.29. The lowest BCUT2D eigenvalue weighted by Crippen LogP contribution is -2.12. The predicted octanol–water partition coefficient (Wildman–Crippen LogP) is 2.87. The summed E-state index contributed by atoms with van der Waals surface area (Å²) in [6.07, 6.45) is 3.53. The quantitative estimate of drug-likeness (QED) is 0.768. The molecular formula is C14H20N4OS. The molecule has 0 amide bonds. The number of anilines is 2. The van der Waals surface area contributed by atoms with E-state index in [9.17, 15) is 0 Å². The fourth-order valence-corrected chi connectivity index (χ4v) is 2.53. The first-order chi connectivity index (χ1) is 9.68. The van der Waals surface area contributed by atoms with Crippen LogP contribution in [-0.2, 0) is 4.74 Å². The second-order valence-electron chi connectivity index (χ2n) is 4.91. The van der Waals surface area contributed by atoms with Crippen molar-refractivity contribution in [3.63, 3.8) is 0 Å². The molecule has 2 rings (SSSR count). The molecule has 2 heterocycles. The zero-order valence-electron chi connectivity index (χ0n) is 11.8. The Morgan fingerprint density at radius 2 is 2.30 bits per heavy atom. The van der Waals surface area contributed by atoms with Crippen LogP contribution in [-0.4, -0.2) is 29.1 Å². The number of aromatic nitrogens is 2. The molecule has 0 radical (unpaired) electrons. The summed E-state index contributed by atoms with van der Waals surface area (Å²) in [5.74, 6) is 1.09. The fourth-order valence-electron chi connectivity index (χ4n) is 1.77. The maximum absolute atomic E-state index is 5.94. The normalized spacial score (nSPS) is 10.9. The summed E-state index contributed by atoms with van der Waals surface area (Å²) >= 11 is 1.37. The van der Waals surface area contributed by atoms with Crippen molar-refractivity contribution in [2.24, 2.45) is 5.92 Å². The molecule has 0 spiro atoms. The van der Waals surface area contributed by atoms with Gasteiger partial charge in [-0.15, -0.1) is 0 Å². The average Bonchev–Trinajstić information content (AvgIpc) is 2.80. The van der Waals surface area contributed by atoms with Gasteiger partial charge in [-0.05, 0) is 23.5 Å². The molecule has 0 atom stereocenters. The highest BCUT2D eigenvalue weighted by atomic mass is 32.1. The van der Waals surface area contributed by atoms with E-state index in [1.54, 1.807) is 12.4 Å². The monoisotopic (exact) mass is 292 g/mol. The molecule has 20 heavy (non-hydrogen) atoms. The molecule has 2 aromatic rings. The first-order valence-corrected chi connectivity index (χ1v) is 7.43. The van der Waals surface area contributed by atoms with Crippen LogP contribution in [0.1, 0.15) is 13.8 Å². The van der Waals surface area contributed by atoms with Gasteiger partial charge < -0.3 is 15.8 Å². The van der Waals surface area contributed by atoms with Gasteiger partial charge in [0.25, 0.3) is 0 Å². The molecule has 3 N–H and O–H groups in total. The lowest BCUT2D eigenvalue weighted by molar-refractivity contribution is 0.118. The Hall–Kier alpha value is -1.66. The first kappa shape index (κ1) is 14.7. The van der Waals surface area contributed by atoms with Crippen LogP contribution in [0.25, 0.3) is 11.1 Å². The van der Waals surface area contributed by atoms with Crippen molar-refractivity contribution >= 4 is 22.4 Å². The minimum absolute atomic E-state index is 0.536. The van der Waals surface area contributed by atoms with Crippen molar-refractivity contribution in [1.82, 2.24) is 9.36 Å². The third-order valence-electron chi connectivity index (χ3n) is 2.65. The van der Waals surface area contributed by atoms with Crippen molar-refractivity contribution in [1.29, 1.82) is 0 Å². The standard InChI is InChI=1S/C14H20N4OS/c1-10(2)9-19-7-6-17-14-12(13(15)18-20-14)11-4-3-5-16-8-11/h3-5,8,10,17H,6-7,9H2,1-2H3,(H2,15,18). The molecule has 6 heteroatoms. The number of pyridine rings is 1. The third kappa shape index (κ3) is 3.91. The van der Waals surface area contributed by atoms with Gasteiger partial charge in [-0.2, -0.15) is 4.37 Å². The molecule has 0 aliphatic rings. The number of ether oxygens (including phenoxy) is 1. The number of nitrogens with zero attached hydrogens (tertiary/aromatic N) is 2. The molecular weight excluding hydrogens is 272 g/mol. The van der Waals surface area contributed by atoms with Gasteiger partial charge in [-0.3, -0.25) is 4.98 Å². The van der Waals surface area contributed by atoms with Crippen LogP contribution in [0.4, 0.5) is 10.8 Å². The van der Waals surface area contributed by atoms with Gasteiger partial charge in [0.05, 0.1) is 12.2 Å². The average molecular weight is 292 g/mol. The molecule has 5 nitrogen and oxygen atoms in total. The van der Waals surface area contributed by atoms with Crippen molar-refractivity contribution in [2.45, 2.75) is 13.8 Å². The molecule has 0 aliphatic heterocycles. The van der Waals surface area contributed by atoms with E-state index in [1.165, 1.54) is 11.5 Å². The molecule has 0 aromatic carbocycles. The summed E-state index contributed by atoms with van der Waals surface area (Å²) in [5.41, 5.74) is 7.84. The highest BCUT2D eigenvalue weighted by molar-refractivity contribution is 7.11. The van der Waals surface area contributed by atoms with Gasteiger partial charge in [-0.1, -0.05) is 19.9 Å². The molecule has 0 saturated carbocycles. The molecule has 0 aliphatic carbocycles. The molecule has 0 saturated heterocycles. The maximum Gasteiger partial charge on any atom is 0.147 e. The lowest BCUT2D eigenvalue weighted by atomic mass is 10.1. The SMILES string of the molecule is CC(C)COCCNc1snc(N)c1-c1cccnc1. The summed E-state index contributed by atoms with van der Waals surface area (Å²) in [7, 11) is 0. The lowest BCUT2D eigenvalue weighted by Gasteiger charge is -2.09. The van der Waals surface area contributed by atoms with Gasteiger partial charge in [0.1, 0.15) is 10.8 Å². The summed E-state index contributed by atoms with van der Waals surface area (Å²) in [6, 6.07) is 3.87. The van der Waals surface area contributed by atoms with Gasteiger partial charge >= 0.3 is 0 Å². The predicted molar refractivity (Wildman–Crippen MR) is 83.9 cm³/mol. The Balaban J connectivity index is 1.96. The Morgan fingerprint density at radius 3 is 3.00 bits per heavy atom. The summed E-state index contributed by atoms with van der Waals surface area (Å²) < 4.78 is 9.76. The highest BCUT2D eigenvalue weighted by Crippen LogP contribution is 2.35. The van der Waals surface area contributed by atoms with Gasteiger partial charge in [0.2, 0.25) is 0 Å². The topological polar surface area (TPSA) is 73.1 Å². The van der Waals surface area contributed by atoms with E-state index in [4.69, 9.17) is 10.5 Å². The van der Waals surface area contributed by atoms with E-state index in [0.717, 1.165) is 29.3 Å². The molecule has 0 bridgehead atoms. The van der Waals surface area contributed by atoms with Crippen molar-refractivity contribution in [2.75, 3.05) is 30.8 Å². The van der Waals surface area contributed by atoms with Gasteiger partial charge in [-0.25, -0.2) is 0 Å². The van der Waals surface area contributed by atoms with Gasteiger partial charge in [0, 0.05) is 31.1 Å². The van der Waals surface area contributed by atoms with E-state index in [-0.39, 0.29) is 0 Å². The van der Waals surface area contributed by atoms with Crippen molar-refractivity contribution in [3.05, 3.63) is 24.5 Å². The first-order valence-electron chi connectivity index (χ1n) is 6.65. The highest BCUT2D eigenvalue weighted by Gasteiger charge is 2.13. The van der Waals surface area contributed by atoms with Crippen LogP contribution >= 0.6 is 11.5 Å². The Labute approximate surface area is 123 Å². The summed E-state index contributed by atoms with van der Waals surface area (Å²) in [4.78, 5) is 4.12. The fraction of sp³-hybridized carbons (Fsp3) is 0.429. The Bertz CT molecular complexity index is 527. The summed E-state index contributed by atoms with van der Waals surface area (Å²) in [6.45, 7) is 6.46. The van der Waals surface area contributed by atoms with E-state index in [0.29, 0.717) is 18.3 Å². The number of hydrogen-bond acceptors (Lipinski definition) is 6. The van der Waals surface area contributed by atoms with Crippen LogP contribution in [0.3, 0.4) is 0 Å². The number of nitrogens with one attached hydrogen (secondary N) is 1. The number of nitrogen functional groups attached to an aromatic ring is 1. The van der Waals surface area contributed by atoms with Crippen LogP contribution in [0.15, 0.2) is 24.5 Å². The smallest absolute Gasteiger partial charge is 0.147 e. The van der Waals surface area contributed by atoms with E-state index < -0.39 is 0 Å². The minimum atomic E-state index is 0.536. The van der Waals surface area contributed by atoms with Crippen LogP contribution < -0.4 is 11.1 Å². The van der Waals surface area contributed by atoms with Crippen LogP contribution in [0, 0.1) is 5.92 Å². The number of hydrogen-bond donors (Lipinski definition) is 2. The number of rotatable bonds is 7. The van der Waals surface area contributed by atoms with E-state index in [2.05, 4.69) is 28.5 Å². The molecule has 0 fully saturated rings. The largest absolute Gasteiger partial charge is 0.382 e.